The number of hydrogen-bond acceptors (Lipinski definition) is 4. The third kappa shape index (κ3) is 3.34. The van der Waals surface area contributed by atoms with E-state index in [0.29, 0.717) is 5.01 Å². The fourth-order valence-electron chi connectivity index (χ4n) is 1.45. The molecule has 0 saturated carbocycles. The molecule has 0 aliphatic rings. The fraction of sp³-hybridized carbons (Fsp3) is 0.167. The van der Waals surface area contributed by atoms with E-state index in [1.165, 1.54) is 23.5 Å². The molecule has 0 fully saturated rings. The molecule has 2 aromatic rings. The molecule has 0 bridgehead atoms. The van der Waals surface area contributed by atoms with Gasteiger partial charge in [0, 0.05) is 17.6 Å². The van der Waals surface area contributed by atoms with Gasteiger partial charge in [-0.25, -0.2) is 4.98 Å². The Bertz CT molecular complexity index is 607. The van der Waals surface area contributed by atoms with Crippen LogP contribution in [0.15, 0.2) is 29.6 Å². The summed E-state index contributed by atoms with van der Waals surface area (Å²) in [6.07, 6.45) is -4.40. The largest absolute Gasteiger partial charge is 0.416 e. The van der Waals surface area contributed by atoms with E-state index in [-0.39, 0.29) is 17.9 Å². The predicted octanol–water partition coefficient (Wildman–Crippen LogP) is 2.87. The van der Waals surface area contributed by atoms with Crippen molar-refractivity contribution in [3.05, 3.63) is 45.9 Å². The molecule has 0 saturated heterocycles. The number of anilines is 1. The molecular formula is C12H10F3N3OS. The monoisotopic (exact) mass is 301 g/mol. The summed E-state index contributed by atoms with van der Waals surface area (Å²) in [6.45, 7) is 0.234. The number of nitrogens with two attached hydrogens (primary N) is 1. The molecule has 8 heteroatoms. The quantitative estimate of drug-likeness (QED) is 0.916. The summed E-state index contributed by atoms with van der Waals surface area (Å²) < 4.78 is 37.1. The molecule has 4 nitrogen and oxygen atoms in total. The molecule has 2 rings (SSSR count). The van der Waals surface area contributed by atoms with Crippen molar-refractivity contribution >= 4 is 22.9 Å². The van der Waals surface area contributed by atoms with Crippen LogP contribution in [0.2, 0.25) is 0 Å². The van der Waals surface area contributed by atoms with Crippen molar-refractivity contribution in [1.82, 2.24) is 4.98 Å². The third-order valence-electron chi connectivity index (χ3n) is 2.43. The van der Waals surface area contributed by atoms with Crippen molar-refractivity contribution in [1.29, 1.82) is 0 Å². The van der Waals surface area contributed by atoms with Gasteiger partial charge in [-0.1, -0.05) is 0 Å². The van der Waals surface area contributed by atoms with Gasteiger partial charge in [-0.15, -0.1) is 11.3 Å². The lowest BCUT2D eigenvalue weighted by molar-refractivity contribution is -0.137. The number of carbonyl (C=O) groups excluding carboxylic acids is 1. The first-order valence-corrected chi connectivity index (χ1v) is 6.41. The molecule has 0 unspecified atom stereocenters. The average Bonchev–Trinajstić information content (AvgIpc) is 2.87. The fourth-order valence-corrected chi connectivity index (χ4v) is 2.10. The van der Waals surface area contributed by atoms with Crippen LogP contribution in [0.3, 0.4) is 0 Å². The Labute approximate surface area is 116 Å². The van der Waals surface area contributed by atoms with Crippen LogP contribution in [0.1, 0.15) is 21.1 Å². The van der Waals surface area contributed by atoms with Crippen LogP contribution in [0, 0.1) is 0 Å². The van der Waals surface area contributed by atoms with Crippen molar-refractivity contribution in [2.75, 3.05) is 5.32 Å². The number of aromatic nitrogens is 1. The van der Waals surface area contributed by atoms with Crippen LogP contribution in [0.5, 0.6) is 0 Å². The third-order valence-corrected chi connectivity index (χ3v) is 3.30. The number of nitrogens with zero attached hydrogens (tertiary/aromatic N) is 1. The first kappa shape index (κ1) is 14.5. The molecule has 3 N–H and O–H groups in total. The Morgan fingerprint density at radius 2 is 1.95 bits per heavy atom. The smallest absolute Gasteiger partial charge is 0.325 e. The standard InChI is InChI=1S/C12H10F3N3OS/c13-12(14,15)7-1-3-8(4-2-7)17-11(19)9-6-20-10(5-16)18-9/h1-4,6H,5,16H2,(H,17,19). The highest BCUT2D eigenvalue weighted by Crippen LogP contribution is 2.29. The van der Waals surface area contributed by atoms with Crippen LogP contribution < -0.4 is 11.1 Å². The van der Waals surface area contributed by atoms with Gasteiger partial charge in [0.2, 0.25) is 0 Å². The van der Waals surface area contributed by atoms with Crippen molar-refractivity contribution < 1.29 is 18.0 Å². The number of halogens is 3. The van der Waals surface area contributed by atoms with Crippen molar-refractivity contribution in [3.8, 4) is 0 Å². The average molecular weight is 301 g/mol. The van der Waals surface area contributed by atoms with Crippen LogP contribution in [0.25, 0.3) is 0 Å². The maximum atomic E-state index is 12.4. The van der Waals surface area contributed by atoms with Gasteiger partial charge < -0.3 is 11.1 Å². The summed E-state index contributed by atoms with van der Waals surface area (Å²) in [5.41, 5.74) is 5.07. The number of rotatable bonds is 3. The normalized spacial score (nSPS) is 11.4. The first-order chi connectivity index (χ1) is 9.40. The Hall–Kier alpha value is -1.93. The summed E-state index contributed by atoms with van der Waals surface area (Å²) in [7, 11) is 0. The van der Waals surface area contributed by atoms with Gasteiger partial charge in [0.15, 0.2) is 0 Å². The number of nitrogens with one attached hydrogen (secondary N) is 1. The minimum absolute atomic E-state index is 0.190. The minimum Gasteiger partial charge on any atom is -0.325 e. The van der Waals surface area contributed by atoms with E-state index < -0.39 is 17.6 Å². The van der Waals surface area contributed by atoms with Crippen LogP contribution in [-0.2, 0) is 12.7 Å². The van der Waals surface area contributed by atoms with Crippen LogP contribution in [-0.4, -0.2) is 10.9 Å². The van der Waals surface area contributed by atoms with Gasteiger partial charge in [-0.2, -0.15) is 13.2 Å². The summed E-state index contributed by atoms with van der Waals surface area (Å²) in [5.74, 6) is -0.485. The molecule has 1 amide bonds. The number of alkyl halides is 3. The summed E-state index contributed by atoms with van der Waals surface area (Å²) >= 11 is 1.25. The molecule has 0 radical (unpaired) electrons. The molecule has 106 valence electrons. The van der Waals surface area contributed by atoms with Crippen molar-refractivity contribution in [3.63, 3.8) is 0 Å². The van der Waals surface area contributed by atoms with E-state index in [2.05, 4.69) is 10.3 Å². The highest BCUT2D eigenvalue weighted by Gasteiger charge is 2.30. The van der Waals surface area contributed by atoms with Gasteiger partial charge in [0.05, 0.1) is 5.56 Å². The van der Waals surface area contributed by atoms with E-state index in [1.807, 2.05) is 0 Å². The zero-order valence-corrected chi connectivity index (χ0v) is 10.9. The topological polar surface area (TPSA) is 68.0 Å². The molecule has 1 aromatic heterocycles. The van der Waals surface area contributed by atoms with Crippen LogP contribution in [0.4, 0.5) is 18.9 Å². The molecule has 0 aliphatic heterocycles. The van der Waals surface area contributed by atoms with E-state index in [1.54, 1.807) is 5.38 Å². The lowest BCUT2D eigenvalue weighted by Gasteiger charge is -2.08. The van der Waals surface area contributed by atoms with Gasteiger partial charge in [-0.3, -0.25) is 4.79 Å². The SMILES string of the molecule is NCc1nc(C(=O)Nc2ccc(C(F)(F)F)cc2)cs1. The van der Waals surface area contributed by atoms with E-state index >= 15 is 0 Å². The predicted molar refractivity (Wildman–Crippen MR) is 69.4 cm³/mol. The maximum absolute atomic E-state index is 12.4. The Kier molecular flexibility index (Phi) is 4.05. The summed E-state index contributed by atoms with van der Waals surface area (Å²) in [6, 6.07) is 4.19. The van der Waals surface area contributed by atoms with Crippen molar-refractivity contribution in [2.45, 2.75) is 12.7 Å². The van der Waals surface area contributed by atoms with Crippen molar-refractivity contribution in [2.24, 2.45) is 5.73 Å². The molecule has 1 aromatic carbocycles. The van der Waals surface area contributed by atoms with E-state index in [9.17, 15) is 18.0 Å². The molecule has 20 heavy (non-hydrogen) atoms. The molecule has 0 spiro atoms. The van der Waals surface area contributed by atoms with Gasteiger partial charge in [0.1, 0.15) is 10.7 Å². The molecule has 0 aliphatic carbocycles. The number of hydrogen-bond donors (Lipinski definition) is 2. The van der Waals surface area contributed by atoms with E-state index in [0.717, 1.165) is 12.1 Å². The van der Waals surface area contributed by atoms with Gasteiger partial charge >= 0.3 is 6.18 Å². The lowest BCUT2D eigenvalue weighted by Crippen LogP contribution is -2.13. The Morgan fingerprint density at radius 3 is 2.45 bits per heavy atom. The lowest BCUT2D eigenvalue weighted by atomic mass is 10.2. The Morgan fingerprint density at radius 1 is 1.30 bits per heavy atom. The second kappa shape index (κ2) is 5.59. The number of amides is 1. The summed E-state index contributed by atoms with van der Waals surface area (Å²) in [5, 5.41) is 4.63. The van der Waals surface area contributed by atoms with Crippen LogP contribution >= 0.6 is 11.3 Å². The highest BCUT2D eigenvalue weighted by atomic mass is 32.1. The first-order valence-electron chi connectivity index (χ1n) is 5.53. The number of carbonyl (C=O) groups is 1. The minimum atomic E-state index is -4.40. The maximum Gasteiger partial charge on any atom is 0.416 e. The summed E-state index contributed by atoms with van der Waals surface area (Å²) in [4.78, 5) is 15.8. The molecule has 0 atom stereocenters. The van der Waals surface area contributed by atoms with Gasteiger partial charge in [-0.05, 0) is 24.3 Å². The van der Waals surface area contributed by atoms with Gasteiger partial charge in [0.25, 0.3) is 5.91 Å². The second-order valence-electron chi connectivity index (χ2n) is 3.86. The zero-order chi connectivity index (χ0) is 14.8. The van der Waals surface area contributed by atoms with E-state index in [4.69, 9.17) is 5.73 Å². The highest BCUT2D eigenvalue weighted by molar-refractivity contribution is 7.09. The zero-order valence-electron chi connectivity index (χ0n) is 10.1. The molecule has 1 heterocycles. The number of benzene rings is 1. The molecular weight excluding hydrogens is 291 g/mol. The number of thiazole rings is 1. The second-order valence-corrected chi connectivity index (χ2v) is 4.80. The Balaban J connectivity index is 2.08.